The van der Waals surface area contributed by atoms with Gasteiger partial charge in [-0.3, -0.25) is 0 Å². The van der Waals surface area contributed by atoms with Crippen LogP contribution in [0.25, 0.3) is 0 Å². The van der Waals surface area contributed by atoms with E-state index in [1.54, 1.807) is 44.9 Å². The molecule has 2 atom stereocenters. The van der Waals surface area contributed by atoms with Crippen LogP contribution in [0.3, 0.4) is 0 Å². The van der Waals surface area contributed by atoms with E-state index >= 15 is 0 Å². The van der Waals surface area contributed by atoms with Crippen LogP contribution in [0.15, 0.2) is 0 Å². The Hall–Kier alpha value is -0.0400. The minimum Gasteiger partial charge on any atom is -0.311 e. The van der Waals surface area contributed by atoms with Gasteiger partial charge in [0.05, 0.1) is 0 Å². The Kier molecular flexibility index (Phi) is 2.44. The van der Waals surface area contributed by atoms with Crippen LogP contribution in [0.2, 0.25) is 0 Å². The van der Waals surface area contributed by atoms with Crippen molar-refractivity contribution in [2.75, 3.05) is 0 Å². The smallest absolute Gasteiger partial charge is 0.0127 e. The SMILES string of the molecule is C1CCC(C23CC4CC(C2)C(NC2CC2)C(C4)C3)C1. The van der Waals surface area contributed by atoms with Crippen LogP contribution in [0.5, 0.6) is 0 Å². The highest BCUT2D eigenvalue weighted by Gasteiger charge is 2.58. The molecule has 0 spiro atoms. The molecule has 6 aliphatic carbocycles. The lowest BCUT2D eigenvalue weighted by molar-refractivity contribution is -0.105. The third kappa shape index (κ3) is 1.76. The fourth-order valence-electron chi connectivity index (χ4n) is 6.92. The van der Waals surface area contributed by atoms with E-state index in [4.69, 9.17) is 0 Å². The highest BCUT2D eigenvalue weighted by atomic mass is 15.0. The predicted molar refractivity (Wildman–Crippen MR) is 77.9 cm³/mol. The Morgan fingerprint density at radius 3 is 2.11 bits per heavy atom. The van der Waals surface area contributed by atoms with E-state index in [0.717, 1.165) is 41.2 Å². The third-order valence-electron chi connectivity index (χ3n) is 7.55. The molecule has 0 heterocycles. The molecule has 106 valence electrons. The van der Waals surface area contributed by atoms with Crippen LogP contribution in [0.4, 0.5) is 0 Å². The average Bonchev–Trinajstić information content (AvgIpc) is 3.02. The number of hydrogen-bond donors (Lipinski definition) is 1. The summed E-state index contributed by atoms with van der Waals surface area (Å²) in [6.07, 6.45) is 17.2. The van der Waals surface area contributed by atoms with Gasteiger partial charge in [-0.2, -0.15) is 0 Å². The molecule has 4 bridgehead atoms. The van der Waals surface area contributed by atoms with E-state index in [-0.39, 0.29) is 0 Å². The maximum absolute atomic E-state index is 4.04. The van der Waals surface area contributed by atoms with Gasteiger partial charge in [-0.15, -0.1) is 0 Å². The molecule has 1 N–H and O–H groups in total. The Balaban J connectivity index is 1.40. The summed E-state index contributed by atoms with van der Waals surface area (Å²) < 4.78 is 0. The van der Waals surface area contributed by atoms with Crippen molar-refractivity contribution in [3.8, 4) is 0 Å². The van der Waals surface area contributed by atoms with E-state index in [9.17, 15) is 0 Å². The molecule has 0 aliphatic heterocycles. The Morgan fingerprint density at radius 2 is 1.47 bits per heavy atom. The molecule has 0 aromatic carbocycles. The van der Waals surface area contributed by atoms with Gasteiger partial charge in [0.25, 0.3) is 0 Å². The lowest BCUT2D eigenvalue weighted by Gasteiger charge is -2.62. The molecule has 6 aliphatic rings. The molecule has 2 unspecified atom stereocenters. The summed E-state index contributed by atoms with van der Waals surface area (Å²) in [5.41, 5.74) is 0.828. The second kappa shape index (κ2) is 4.00. The zero-order valence-corrected chi connectivity index (χ0v) is 12.2. The topological polar surface area (TPSA) is 12.0 Å². The van der Waals surface area contributed by atoms with Gasteiger partial charge in [-0.05, 0) is 86.9 Å². The van der Waals surface area contributed by atoms with E-state index < -0.39 is 0 Å². The van der Waals surface area contributed by atoms with Gasteiger partial charge in [0.1, 0.15) is 0 Å². The largest absolute Gasteiger partial charge is 0.311 e. The molecule has 0 saturated heterocycles. The molecule has 6 rings (SSSR count). The summed E-state index contributed by atoms with van der Waals surface area (Å²) in [4.78, 5) is 0. The molecule has 6 saturated carbocycles. The molecule has 0 aromatic heterocycles. The average molecular weight is 259 g/mol. The zero-order valence-electron chi connectivity index (χ0n) is 12.2. The highest BCUT2D eigenvalue weighted by molar-refractivity contribution is 5.10. The van der Waals surface area contributed by atoms with E-state index in [1.165, 1.54) is 25.7 Å². The van der Waals surface area contributed by atoms with Crippen LogP contribution < -0.4 is 5.32 Å². The zero-order chi connectivity index (χ0) is 12.4. The Labute approximate surface area is 117 Å². The van der Waals surface area contributed by atoms with Crippen LogP contribution >= 0.6 is 0 Å². The maximum Gasteiger partial charge on any atom is 0.0127 e. The van der Waals surface area contributed by atoms with Gasteiger partial charge >= 0.3 is 0 Å². The predicted octanol–water partition coefficient (Wildman–Crippen LogP) is 4.12. The third-order valence-corrected chi connectivity index (χ3v) is 7.55. The van der Waals surface area contributed by atoms with Crippen LogP contribution in [-0.2, 0) is 0 Å². The minimum absolute atomic E-state index is 0.828. The van der Waals surface area contributed by atoms with Gasteiger partial charge in [-0.25, -0.2) is 0 Å². The molecule has 1 nitrogen and oxygen atoms in total. The van der Waals surface area contributed by atoms with Crippen LogP contribution in [-0.4, -0.2) is 12.1 Å². The molecule has 1 heteroatoms. The molecule has 6 fully saturated rings. The van der Waals surface area contributed by atoms with Crippen molar-refractivity contribution in [1.29, 1.82) is 0 Å². The summed E-state index contributed by atoms with van der Waals surface area (Å²) >= 11 is 0. The summed E-state index contributed by atoms with van der Waals surface area (Å²) in [5, 5.41) is 4.04. The maximum atomic E-state index is 4.04. The van der Waals surface area contributed by atoms with Crippen molar-refractivity contribution in [3.63, 3.8) is 0 Å². The van der Waals surface area contributed by atoms with Crippen molar-refractivity contribution in [3.05, 3.63) is 0 Å². The molecule has 0 aromatic rings. The normalized spacial score (nSPS) is 53.1. The number of rotatable bonds is 3. The standard InChI is InChI=1S/C18H29N/c1-2-4-15(3-1)18-9-12-7-13(10-18)17(14(8-12)11-18)19-16-5-6-16/h12-17,19H,1-11H2. The highest BCUT2D eigenvalue weighted by Crippen LogP contribution is 2.65. The fourth-order valence-corrected chi connectivity index (χ4v) is 6.92. The number of nitrogens with one attached hydrogen (secondary N) is 1. The lowest BCUT2D eigenvalue weighted by atomic mass is 9.45. The van der Waals surface area contributed by atoms with Crippen molar-refractivity contribution in [2.45, 2.75) is 82.7 Å². The first-order chi connectivity index (χ1) is 9.32. The molecular formula is C18H29N. The van der Waals surface area contributed by atoms with Gasteiger partial charge in [0.15, 0.2) is 0 Å². The summed E-state index contributed by atoms with van der Waals surface area (Å²) in [6, 6.07) is 1.85. The first-order valence-corrected chi connectivity index (χ1v) is 9.08. The Bertz CT molecular complexity index is 350. The summed E-state index contributed by atoms with van der Waals surface area (Å²) in [7, 11) is 0. The molecular weight excluding hydrogens is 230 g/mol. The van der Waals surface area contributed by atoms with Crippen LogP contribution in [0.1, 0.15) is 70.6 Å². The second-order valence-corrected chi connectivity index (χ2v) is 8.78. The summed E-state index contributed by atoms with van der Waals surface area (Å²) in [6.45, 7) is 0. The van der Waals surface area contributed by atoms with E-state index in [1.807, 2.05) is 0 Å². The van der Waals surface area contributed by atoms with Gasteiger partial charge in [0.2, 0.25) is 0 Å². The second-order valence-electron chi connectivity index (χ2n) is 8.78. The molecule has 19 heavy (non-hydrogen) atoms. The number of hydrogen-bond acceptors (Lipinski definition) is 1. The summed E-state index contributed by atoms with van der Waals surface area (Å²) in [5.74, 6) is 4.37. The van der Waals surface area contributed by atoms with Gasteiger partial charge in [0, 0.05) is 12.1 Å². The Morgan fingerprint density at radius 1 is 0.789 bits per heavy atom. The first kappa shape index (κ1) is 11.6. The minimum atomic E-state index is 0.828. The van der Waals surface area contributed by atoms with Crippen LogP contribution in [0, 0.1) is 29.1 Å². The molecule has 0 amide bonds. The molecule has 0 radical (unpaired) electrons. The fraction of sp³-hybridized carbons (Fsp3) is 1.00. The van der Waals surface area contributed by atoms with E-state index in [2.05, 4.69) is 5.32 Å². The van der Waals surface area contributed by atoms with Crippen molar-refractivity contribution >= 4 is 0 Å². The van der Waals surface area contributed by atoms with E-state index in [0.29, 0.717) is 0 Å². The van der Waals surface area contributed by atoms with Crippen molar-refractivity contribution in [2.24, 2.45) is 29.1 Å². The van der Waals surface area contributed by atoms with Gasteiger partial charge in [-0.1, -0.05) is 12.8 Å². The monoisotopic (exact) mass is 259 g/mol. The first-order valence-electron chi connectivity index (χ1n) is 9.08. The van der Waals surface area contributed by atoms with Crippen molar-refractivity contribution < 1.29 is 0 Å². The van der Waals surface area contributed by atoms with Crippen molar-refractivity contribution in [1.82, 2.24) is 5.32 Å². The lowest BCUT2D eigenvalue weighted by Crippen LogP contribution is -2.60. The van der Waals surface area contributed by atoms with Gasteiger partial charge < -0.3 is 5.32 Å². The quantitative estimate of drug-likeness (QED) is 0.804.